The monoisotopic (exact) mass is 294 g/mol. The number of carbonyl (C=O) groups excluding carboxylic acids is 1. The fourth-order valence-corrected chi connectivity index (χ4v) is 2.44. The quantitative estimate of drug-likeness (QED) is 0.781. The maximum absolute atomic E-state index is 12.0. The summed E-state index contributed by atoms with van der Waals surface area (Å²) in [5.74, 6) is 0.662. The zero-order chi connectivity index (χ0) is 15.2. The predicted molar refractivity (Wildman–Crippen MR) is 78.4 cm³/mol. The highest BCUT2D eigenvalue weighted by molar-refractivity contribution is 5.76. The average molecular weight is 294 g/mol. The van der Waals surface area contributed by atoms with Crippen LogP contribution in [0.4, 0.5) is 0 Å². The van der Waals surface area contributed by atoms with Crippen LogP contribution < -0.4 is 10.1 Å². The third-order valence-electron chi connectivity index (χ3n) is 3.57. The van der Waals surface area contributed by atoms with Crippen molar-refractivity contribution in [3.8, 4) is 11.5 Å². The summed E-state index contributed by atoms with van der Waals surface area (Å²) in [6, 6.07) is 4.78. The summed E-state index contributed by atoms with van der Waals surface area (Å²) < 4.78 is 10.3. The molecule has 1 heterocycles. The molecule has 0 radical (unpaired) electrons. The van der Waals surface area contributed by atoms with Gasteiger partial charge in [-0.2, -0.15) is 0 Å². The number of hydrogen-bond acceptors (Lipinski definition) is 6. The van der Waals surface area contributed by atoms with Crippen molar-refractivity contribution in [3.05, 3.63) is 23.8 Å². The maximum Gasteiger partial charge on any atom is 0.324 e. The van der Waals surface area contributed by atoms with E-state index >= 15 is 0 Å². The SMILES string of the molecule is CCOC(=O)C1CNCCN1Cc1cc(OC)ccc1O. The molecular weight excluding hydrogens is 272 g/mol. The van der Waals surface area contributed by atoms with Crippen LogP contribution in [0, 0.1) is 0 Å². The molecule has 1 aromatic rings. The van der Waals surface area contributed by atoms with E-state index in [0.717, 1.165) is 18.7 Å². The summed E-state index contributed by atoms with van der Waals surface area (Å²) in [7, 11) is 1.59. The van der Waals surface area contributed by atoms with Crippen LogP contribution in [0.5, 0.6) is 11.5 Å². The van der Waals surface area contributed by atoms with Crippen LogP contribution in [0.1, 0.15) is 12.5 Å². The van der Waals surface area contributed by atoms with Crippen molar-refractivity contribution in [2.45, 2.75) is 19.5 Å². The lowest BCUT2D eigenvalue weighted by atomic mass is 10.1. The Kier molecular flexibility index (Phi) is 5.41. The van der Waals surface area contributed by atoms with Crippen LogP contribution in [-0.4, -0.2) is 55.4 Å². The highest BCUT2D eigenvalue weighted by Gasteiger charge is 2.30. The molecule has 1 aromatic carbocycles. The van der Waals surface area contributed by atoms with E-state index in [1.807, 2.05) is 4.90 Å². The number of phenols is 1. The number of benzene rings is 1. The second-order valence-electron chi connectivity index (χ2n) is 4.94. The molecule has 116 valence electrons. The van der Waals surface area contributed by atoms with Gasteiger partial charge in [-0.3, -0.25) is 9.69 Å². The summed E-state index contributed by atoms with van der Waals surface area (Å²) in [5, 5.41) is 13.2. The van der Waals surface area contributed by atoms with Gasteiger partial charge in [-0.15, -0.1) is 0 Å². The largest absolute Gasteiger partial charge is 0.508 e. The Balaban J connectivity index is 2.13. The topological polar surface area (TPSA) is 71.0 Å². The molecule has 0 aliphatic carbocycles. The Morgan fingerprint density at radius 3 is 3.05 bits per heavy atom. The number of nitrogens with zero attached hydrogens (tertiary/aromatic N) is 1. The Bertz CT molecular complexity index is 493. The minimum Gasteiger partial charge on any atom is -0.508 e. The number of hydrogen-bond donors (Lipinski definition) is 2. The molecule has 1 aliphatic rings. The lowest BCUT2D eigenvalue weighted by Gasteiger charge is -2.34. The molecule has 0 saturated carbocycles. The lowest BCUT2D eigenvalue weighted by molar-refractivity contribution is -0.150. The molecule has 1 unspecified atom stereocenters. The highest BCUT2D eigenvalue weighted by Crippen LogP contribution is 2.25. The second-order valence-corrected chi connectivity index (χ2v) is 4.94. The minimum atomic E-state index is -0.329. The molecule has 0 aromatic heterocycles. The van der Waals surface area contributed by atoms with Gasteiger partial charge in [0.05, 0.1) is 13.7 Å². The molecule has 2 N–H and O–H groups in total. The van der Waals surface area contributed by atoms with Crippen molar-refractivity contribution in [2.75, 3.05) is 33.4 Å². The third kappa shape index (κ3) is 3.86. The molecule has 6 heteroatoms. The van der Waals surface area contributed by atoms with Crippen LogP contribution in [0.25, 0.3) is 0 Å². The fraction of sp³-hybridized carbons (Fsp3) is 0.533. The third-order valence-corrected chi connectivity index (χ3v) is 3.57. The molecule has 1 atom stereocenters. The van der Waals surface area contributed by atoms with Gasteiger partial charge >= 0.3 is 5.97 Å². The summed E-state index contributed by atoms with van der Waals surface area (Å²) in [6.45, 7) is 4.73. The first-order valence-electron chi connectivity index (χ1n) is 7.13. The van der Waals surface area contributed by atoms with Crippen molar-refractivity contribution in [3.63, 3.8) is 0 Å². The first-order chi connectivity index (χ1) is 10.2. The van der Waals surface area contributed by atoms with Gasteiger partial charge in [0.1, 0.15) is 17.5 Å². The number of aromatic hydroxyl groups is 1. The Labute approximate surface area is 124 Å². The number of esters is 1. The molecule has 6 nitrogen and oxygen atoms in total. The van der Waals surface area contributed by atoms with Gasteiger partial charge in [-0.1, -0.05) is 0 Å². The zero-order valence-electron chi connectivity index (χ0n) is 12.5. The van der Waals surface area contributed by atoms with E-state index in [0.29, 0.717) is 25.4 Å². The normalized spacial score (nSPS) is 19.2. The van der Waals surface area contributed by atoms with E-state index in [-0.39, 0.29) is 17.8 Å². The number of phenolic OH excluding ortho intramolecular Hbond substituents is 1. The summed E-state index contributed by atoms with van der Waals surface area (Å²) in [5.41, 5.74) is 0.741. The zero-order valence-corrected chi connectivity index (χ0v) is 12.5. The summed E-state index contributed by atoms with van der Waals surface area (Å²) >= 11 is 0. The molecule has 1 fully saturated rings. The summed E-state index contributed by atoms with van der Waals surface area (Å²) in [4.78, 5) is 14.0. The van der Waals surface area contributed by atoms with E-state index in [2.05, 4.69) is 5.32 Å². The average Bonchev–Trinajstić information content (AvgIpc) is 2.50. The molecule has 0 amide bonds. The van der Waals surface area contributed by atoms with Gasteiger partial charge in [0.2, 0.25) is 0 Å². The summed E-state index contributed by atoms with van der Waals surface area (Å²) in [6.07, 6.45) is 0. The lowest BCUT2D eigenvalue weighted by Crippen LogP contribution is -2.54. The van der Waals surface area contributed by atoms with Gasteiger partial charge in [0.25, 0.3) is 0 Å². The first kappa shape index (κ1) is 15.6. The van der Waals surface area contributed by atoms with Crippen LogP contribution in [-0.2, 0) is 16.1 Å². The number of nitrogens with one attached hydrogen (secondary N) is 1. The van der Waals surface area contributed by atoms with Crippen LogP contribution >= 0.6 is 0 Å². The minimum absolute atomic E-state index is 0.206. The highest BCUT2D eigenvalue weighted by atomic mass is 16.5. The molecule has 1 aliphatic heterocycles. The van der Waals surface area contributed by atoms with E-state index in [1.165, 1.54) is 0 Å². The molecule has 0 bridgehead atoms. The van der Waals surface area contributed by atoms with Crippen molar-refractivity contribution in [1.82, 2.24) is 10.2 Å². The number of piperazine rings is 1. The Morgan fingerprint density at radius 2 is 2.33 bits per heavy atom. The molecular formula is C15H22N2O4. The number of rotatable bonds is 5. The van der Waals surface area contributed by atoms with Crippen molar-refractivity contribution < 1.29 is 19.4 Å². The van der Waals surface area contributed by atoms with Gasteiger partial charge in [0.15, 0.2) is 0 Å². The maximum atomic E-state index is 12.0. The van der Waals surface area contributed by atoms with Crippen LogP contribution in [0.2, 0.25) is 0 Å². The number of methoxy groups -OCH3 is 1. The van der Waals surface area contributed by atoms with Crippen molar-refractivity contribution in [2.24, 2.45) is 0 Å². The molecule has 0 spiro atoms. The van der Waals surface area contributed by atoms with Gasteiger partial charge in [-0.05, 0) is 25.1 Å². The second kappa shape index (κ2) is 7.28. The molecule has 1 saturated heterocycles. The van der Waals surface area contributed by atoms with Gasteiger partial charge in [0, 0.05) is 31.7 Å². The molecule has 21 heavy (non-hydrogen) atoms. The van der Waals surface area contributed by atoms with Crippen molar-refractivity contribution >= 4 is 5.97 Å². The van der Waals surface area contributed by atoms with E-state index in [4.69, 9.17) is 9.47 Å². The van der Waals surface area contributed by atoms with Crippen LogP contribution in [0.3, 0.4) is 0 Å². The van der Waals surface area contributed by atoms with Gasteiger partial charge < -0.3 is 19.9 Å². The first-order valence-corrected chi connectivity index (χ1v) is 7.13. The molecule has 2 rings (SSSR count). The standard InChI is InChI=1S/C15H22N2O4/c1-3-21-15(19)13-9-16-6-7-17(13)10-11-8-12(20-2)4-5-14(11)18/h4-5,8,13,16,18H,3,6-7,9-10H2,1-2H3. The van der Waals surface area contributed by atoms with Crippen LogP contribution in [0.15, 0.2) is 18.2 Å². The van der Waals surface area contributed by atoms with E-state index in [9.17, 15) is 9.90 Å². The number of carbonyl (C=O) groups is 1. The fourth-order valence-electron chi connectivity index (χ4n) is 2.44. The Hall–Kier alpha value is -1.79. The number of ether oxygens (including phenoxy) is 2. The smallest absolute Gasteiger partial charge is 0.324 e. The predicted octanol–water partition coefficient (Wildman–Crippen LogP) is 0.738. The Morgan fingerprint density at radius 1 is 1.52 bits per heavy atom. The van der Waals surface area contributed by atoms with E-state index in [1.54, 1.807) is 32.2 Å². The van der Waals surface area contributed by atoms with E-state index < -0.39 is 0 Å². The van der Waals surface area contributed by atoms with Crippen molar-refractivity contribution in [1.29, 1.82) is 0 Å². The van der Waals surface area contributed by atoms with Gasteiger partial charge in [-0.25, -0.2) is 0 Å².